The number of anilines is 1. The zero-order valence-electron chi connectivity index (χ0n) is 11.1. The molecule has 0 fully saturated rings. The zero-order valence-corrected chi connectivity index (χ0v) is 11.1. The Hall–Kier alpha value is -1.69. The first-order valence-corrected chi connectivity index (χ1v) is 6.26. The molecule has 0 spiro atoms. The first-order valence-electron chi connectivity index (χ1n) is 6.26. The highest BCUT2D eigenvalue weighted by molar-refractivity contribution is 5.51. The number of aliphatic hydroxyl groups excluding tert-OH is 1. The molecule has 0 bridgehead atoms. The van der Waals surface area contributed by atoms with Crippen molar-refractivity contribution in [3.8, 4) is 0 Å². The van der Waals surface area contributed by atoms with Gasteiger partial charge < -0.3 is 10.4 Å². The molecule has 1 rings (SSSR count). The molecule has 0 aliphatic rings. The summed E-state index contributed by atoms with van der Waals surface area (Å²) < 4.78 is 13.3. The van der Waals surface area contributed by atoms with Crippen LogP contribution in [-0.4, -0.2) is 23.2 Å². The monoisotopic (exact) mass is 270 g/mol. The van der Waals surface area contributed by atoms with Crippen molar-refractivity contribution in [1.29, 1.82) is 0 Å². The van der Waals surface area contributed by atoms with Crippen LogP contribution in [0.15, 0.2) is 18.2 Å². The van der Waals surface area contributed by atoms with Crippen LogP contribution in [-0.2, 0) is 0 Å². The fourth-order valence-electron chi connectivity index (χ4n) is 1.85. The van der Waals surface area contributed by atoms with Crippen LogP contribution in [0.25, 0.3) is 0 Å². The van der Waals surface area contributed by atoms with E-state index in [1.807, 2.05) is 13.8 Å². The number of nitrogens with one attached hydrogen (secondary N) is 1. The zero-order chi connectivity index (χ0) is 14.5. The summed E-state index contributed by atoms with van der Waals surface area (Å²) in [5.74, 6) is -0.653. The Morgan fingerprint density at radius 3 is 2.47 bits per heavy atom. The number of hydrogen-bond acceptors (Lipinski definition) is 4. The maximum absolute atomic E-state index is 13.3. The van der Waals surface area contributed by atoms with Crippen LogP contribution >= 0.6 is 0 Å². The standard InChI is InChI=1S/C13H19FN2O3/c1-3-13(4-2,9-17)8-15-11-5-10(14)6-12(7-11)16(18)19/h5-7,15,17H,3-4,8-9H2,1-2H3. The number of rotatable bonds is 7. The van der Waals surface area contributed by atoms with Gasteiger partial charge in [0, 0.05) is 23.7 Å². The van der Waals surface area contributed by atoms with E-state index in [9.17, 15) is 19.6 Å². The number of aliphatic hydroxyl groups is 1. The van der Waals surface area contributed by atoms with Gasteiger partial charge in [0.2, 0.25) is 0 Å². The van der Waals surface area contributed by atoms with E-state index in [0.29, 0.717) is 12.2 Å². The molecule has 2 N–H and O–H groups in total. The second kappa shape index (κ2) is 6.47. The molecule has 106 valence electrons. The summed E-state index contributed by atoms with van der Waals surface area (Å²) in [6.45, 7) is 4.40. The van der Waals surface area contributed by atoms with Gasteiger partial charge in [-0.25, -0.2) is 4.39 Å². The quantitative estimate of drug-likeness (QED) is 0.590. The molecule has 0 atom stereocenters. The van der Waals surface area contributed by atoms with E-state index in [0.717, 1.165) is 18.9 Å². The van der Waals surface area contributed by atoms with E-state index in [2.05, 4.69) is 5.32 Å². The molecule has 1 aromatic carbocycles. The van der Waals surface area contributed by atoms with E-state index in [-0.39, 0.29) is 17.7 Å². The van der Waals surface area contributed by atoms with Crippen molar-refractivity contribution in [2.45, 2.75) is 26.7 Å². The number of benzene rings is 1. The highest BCUT2D eigenvalue weighted by Gasteiger charge is 2.25. The summed E-state index contributed by atoms with van der Waals surface area (Å²) in [4.78, 5) is 10.0. The second-order valence-electron chi connectivity index (χ2n) is 4.67. The molecule has 6 heteroatoms. The Labute approximate surface area is 111 Å². The highest BCUT2D eigenvalue weighted by Crippen LogP contribution is 2.27. The fraction of sp³-hybridized carbons (Fsp3) is 0.538. The lowest BCUT2D eigenvalue weighted by molar-refractivity contribution is -0.385. The van der Waals surface area contributed by atoms with Gasteiger partial charge >= 0.3 is 0 Å². The third-order valence-corrected chi connectivity index (χ3v) is 3.60. The molecule has 1 aromatic rings. The average molecular weight is 270 g/mol. The normalized spacial score (nSPS) is 11.4. The lowest BCUT2D eigenvalue weighted by Gasteiger charge is -2.30. The second-order valence-corrected chi connectivity index (χ2v) is 4.67. The molecule has 0 aliphatic heterocycles. The van der Waals surface area contributed by atoms with E-state index in [4.69, 9.17) is 0 Å². The molecule has 0 amide bonds. The van der Waals surface area contributed by atoms with E-state index >= 15 is 0 Å². The van der Waals surface area contributed by atoms with Gasteiger partial charge in [0.1, 0.15) is 5.82 Å². The SMILES string of the molecule is CCC(CC)(CO)CNc1cc(F)cc([N+](=O)[O-])c1. The minimum absolute atomic E-state index is 0.0183. The largest absolute Gasteiger partial charge is 0.396 e. The topological polar surface area (TPSA) is 75.4 Å². The first kappa shape index (κ1) is 15.4. The van der Waals surface area contributed by atoms with Gasteiger partial charge in [0.25, 0.3) is 5.69 Å². The lowest BCUT2D eigenvalue weighted by atomic mass is 9.83. The van der Waals surface area contributed by atoms with Gasteiger partial charge in [-0.3, -0.25) is 10.1 Å². The van der Waals surface area contributed by atoms with E-state index < -0.39 is 10.7 Å². The molecule has 5 nitrogen and oxygen atoms in total. The van der Waals surface area contributed by atoms with Gasteiger partial charge in [0.15, 0.2) is 0 Å². The molecule has 0 radical (unpaired) electrons. The van der Waals surface area contributed by atoms with Crippen LogP contribution in [0.5, 0.6) is 0 Å². The number of nitrogens with zero attached hydrogens (tertiary/aromatic N) is 1. The van der Waals surface area contributed by atoms with Crippen LogP contribution < -0.4 is 5.32 Å². The fourth-order valence-corrected chi connectivity index (χ4v) is 1.85. The van der Waals surface area contributed by atoms with Gasteiger partial charge in [-0.1, -0.05) is 13.8 Å². The van der Waals surface area contributed by atoms with Crippen LogP contribution in [0.1, 0.15) is 26.7 Å². The molecular weight excluding hydrogens is 251 g/mol. The molecule has 0 aromatic heterocycles. The Morgan fingerprint density at radius 1 is 1.37 bits per heavy atom. The maximum atomic E-state index is 13.3. The Bertz CT molecular complexity index is 439. The summed E-state index contributed by atoms with van der Waals surface area (Å²) in [7, 11) is 0. The predicted molar refractivity (Wildman–Crippen MR) is 71.6 cm³/mol. The lowest BCUT2D eigenvalue weighted by Crippen LogP contribution is -2.32. The van der Waals surface area contributed by atoms with Crippen LogP contribution in [0, 0.1) is 21.3 Å². The molecule has 0 aliphatic carbocycles. The van der Waals surface area contributed by atoms with Crippen molar-refractivity contribution in [3.05, 3.63) is 34.1 Å². The number of halogens is 1. The van der Waals surface area contributed by atoms with Crippen molar-refractivity contribution in [3.63, 3.8) is 0 Å². The summed E-state index contributed by atoms with van der Waals surface area (Å²) in [6, 6.07) is 3.38. The summed E-state index contributed by atoms with van der Waals surface area (Å²) in [5.41, 5.74) is -0.224. The van der Waals surface area contributed by atoms with Crippen LogP contribution in [0.4, 0.5) is 15.8 Å². The number of hydrogen-bond donors (Lipinski definition) is 2. The summed E-state index contributed by atoms with van der Waals surface area (Å²) in [6.07, 6.45) is 1.54. The molecule has 0 heterocycles. The van der Waals surface area contributed by atoms with Crippen LogP contribution in [0.2, 0.25) is 0 Å². The molecule has 19 heavy (non-hydrogen) atoms. The first-order chi connectivity index (χ1) is 8.96. The van der Waals surface area contributed by atoms with Crippen molar-refractivity contribution < 1.29 is 14.4 Å². The molecule has 0 unspecified atom stereocenters. The van der Waals surface area contributed by atoms with E-state index in [1.54, 1.807) is 0 Å². The predicted octanol–water partition coefficient (Wildman–Crippen LogP) is 2.94. The number of nitro groups is 1. The Balaban J connectivity index is 2.85. The Kier molecular flexibility index (Phi) is 5.23. The summed E-state index contributed by atoms with van der Waals surface area (Å²) in [5, 5.41) is 23.0. The van der Waals surface area contributed by atoms with Crippen molar-refractivity contribution in [2.75, 3.05) is 18.5 Å². The third-order valence-electron chi connectivity index (χ3n) is 3.60. The number of nitro benzene ring substituents is 1. The summed E-state index contributed by atoms with van der Waals surface area (Å²) >= 11 is 0. The molecular formula is C13H19FN2O3. The van der Waals surface area contributed by atoms with Gasteiger partial charge in [-0.05, 0) is 18.9 Å². The van der Waals surface area contributed by atoms with Gasteiger partial charge in [-0.2, -0.15) is 0 Å². The van der Waals surface area contributed by atoms with Gasteiger partial charge in [0.05, 0.1) is 17.6 Å². The highest BCUT2D eigenvalue weighted by atomic mass is 19.1. The third kappa shape index (κ3) is 3.89. The minimum atomic E-state index is -0.653. The van der Waals surface area contributed by atoms with Crippen LogP contribution in [0.3, 0.4) is 0 Å². The van der Waals surface area contributed by atoms with Crippen molar-refractivity contribution in [1.82, 2.24) is 0 Å². The van der Waals surface area contributed by atoms with Crippen molar-refractivity contribution in [2.24, 2.45) is 5.41 Å². The maximum Gasteiger partial charge on any atom is 0.274 e. The molecule has 0 saturated carbocycles. The van der Waals surface area contributed by atoms with E-state index in [1.165, 1.54) is 12.1 Å². The average Bonchev–Trinajstić information content (AvgIpc) is 2.40. The van der Waals surface area contributed by atoms with Gasteiger partial charge in [-0.15, -0.1) is 0 Å². The Morgan fingerprint density at radius 2 is 2.00 bits per heavy atom. The minimum Gasteiger partial charge on any atom is -0.396 e. The van der Waals surface area contributed by atoms with Crippen molar-refractivity contribution >= 4 is 11.4 Å². The smallest absolute Gasteiger partial charge is 0.274 e. The number of non-ortho nitro benzene ring substituents is 1. The molecule has 0 saturated heterocycles.